The van der Waals surface area contributed by atoms with Crippen LogP contribution in [0, 0.1) is 5.92 Å². The van der Waals surface area contributed by atoms with E-state index in [0.29, 0.717) is 18.6 Å². The van der Waals surface area contributed by atoms with E-state index in [2.05, 4.69) is 31.1 Å². The first-order valence-corrected chi connectivity index (χ1v) is 7.77. The summed E-state index contributed by atoms with van der Waals surface area (Å²) in [6.07, 6.45) is 1.78. The molecule has 1 aromatic heterocycles. The summed E-state index contributed by atoms with van der Waals surface area (Å²) in [5.41, 5.74) is 0.932. The van der Waals surface area contributed by atoms with E-state index in [9.17, 15) is 4.79 Å². The summed E-state index contributed by atoms with van der Waals surface area (Å²) >= 11 is 1.68. The fourth-order valence-corrected chi connectivity index (χ4v) is 3.26. The summed E-state index contributed by atoms with van der Waals surface area (Å²) in [6, 6.07) is 0.382. The predicted molar refractivity (Wildman–Crippen MR) is 77.7 cm³/mol. The Hall–Kier alpha value is -1.10. The lowest BCUT2D eigenvalue weighted by Crippen LogP contribution is -2.21. The molecule has 0 spiro atoms. The fourth-order valence-electron chi connectivity index (χ4n) is 2.12. The van der Waals surface area contributed by atoms with E-state index >= 15 is 0 Å². The minimum atomic E-state index is -0.156. The van der Waals surface area contributed by atoms with Gasteiger partial charge in [-0.2, -0.15) is 0 Å². The zero-order valence-electron chi connectivity index (χ0n) is 12.0. The molecule has 0 saturated carbocycles. The number of nitrogens with zero attached hydrogens (tertiary/aromatic N) is 1. The van der Waals surface area contributed by atoms with Gasteiger partial charge >= 0.3 is 5.97 Å². The first-order chi connectivity index (χ1) is 9.02. The molecule has 0 radical (unpaired) electrons. The lowest BCUT2D eigenvalue weighted by molar-refractivity contribution is -0.145. The summed E-state index contributed by atoms with van der Waals surface area (Å²) in [6.45, 7) is 8.79. The number of hydrogen-bond acceptors (Lipinski definition) is 5. The second kappa shape index (κ2) is 5.90. The van der Waals surface area contributed by atoms with E-state index in [1.165, 1.54) is 4.88 Å². The van der Waals surface area contributed by atoms with E-state index in [4.69, 9.17) is 4.74 Å². The van der Waals surface area contributed by atoms with Gasteiger partial charge in [0, 0.05) is 10.9 Å². The molecular formula is C14H22N2O2S. The Bertz CT molecular complexity index is 456. The number of thiazole rings is 1. The van der Waals surface area contributed by atoms with Crippen molar-refractivity contribution in [3.63, 3.8) is 0 Å². The van der Waals surface area contributed by atoms with Gasteiger partial charge in [0.15, 0.2) is 5.13 Å². The summed E-state index contributed by atoms with van der Waals surface area (Å²) in [5, 5.41) is 4.35. The van der Waals surface area contributed by atoms with Crippen LogP contribution in [0.3, 0.4) is 0 Å². The van der Waals surface area contributed by atoms with Gasteiger partial charge in [0.2, 0.25) is 0 Å². The molecule has 1 aromatic rings. The van der Waals surface area contributed by atoms with E-state index in [-0.39, 0.29) is 11.9 Å². The molecule has 5 heteroatoms. The van der Waals surface area contributed by atoms with Gasteiger partial charge in [0.05, 0.1) is 12.3 Å². The first kappa shape index (κ1) is 14.3. The highest BCUT2D eigenvalue weighted by Crippen LogP contribution is 2.39. The number of aromatic nitrogens is 1. The Morgan fingerprint density at radius 3 is 2.89 bits per heavy atom. The third kappa shape index (κ3) is 3.08. The van der Waals surface area contributed by atoms with Crippen LogP contribution in [0.15, 0.2) is 0 Å². The van der Waals surface area contributed by atoms with Crippen molar-refractivity contribution in [3.05, 3.63) is 10.6 Å². The Balaban J connectivity index is 2.09. The average molecular weight is 282 g/mol. The van der Waals surface area contributed by atoms with Gasteiger partial charge in [0.25, 0.3) is 0 Å². The maximum atomic E-state index is 11.9. The molecule has 2 rings (SSSR count). The monoisotopic (exact) mass is 282 g/mol. The van der Waals surface area contributed by atoms with E-state index in [1.54, 1.807) is 11.3 Å². The number of carbonyl (C=O) groups is 1. The van der Waals surface area contributed by atoms with Crippen LogP contribution in [0.2, 0.25) is 0 Å². The van der Waals surface area contributed by atoms with Crippen molar-refractivity contribution in [1.82, 2.24) is 4.98 Å². The second-order valence-electron chi connectivity index (χ2n) is 5.35. The van der Waals surface area contributed by atoms with Crippen molar-refractivity contribution in [3.8, 4) is 0 Å². The second-order valence-corrected chi connectivity index (χ2v) is 6.43. The number of anilines is 1. The van der Waals surface area contributed by atoms with Crippen molar-refractivity contribution >= 4 is 22.4 Å². The number of fused-ring (bicyclic) bond motifs is 1. The molecule has 106 valence electrons. The molecule has 1 N–H and O–H groups in total. The minimum absolute atomic E-state index is 0.130. The maximum Gasteiger partial charge on any atom is 0.315 e. The molecule has 0 amide bonds. The lowest BCUT2D eigenvalue weighted by atomic mass is 10.1. The van der Waals surface area contributed by atoms with Gasteiger partial charge in [-0.25, -0.2) is 4.98 Å². The molecule has 2 atom stereocenters. The Morgan fingerprint density at radius 2 is 2.26 bits per heavy atom. The van der Waals surface area contributed by atoms with Crippen molar-refractivity contribution in [2.24, 2.45) is 5.92 Å². The zero-order valence-corrected chi connectivity index (χ0v) is 12.8. The van der Waals surface area contributed by atoms with Crippen LogP contribution >= 0.6 is 11.3 Å². The van der Waals surface area contributed by atoms with Crippen molar-refractivity contribution < 1.29 is 9.53 Å². The molecule has 0 aromatic carbocycles. The number of rotatable bonds is 5. The van der Waals surface area contributed by atoms with Crippen LogP contribution in [-0.4, -0.2) is 23.6 Å². The van der Waals surface area contributed by atoms with Crippen LogP contribution in [-0.2, 0) is 16.0 Å². The molecule has 1 aliphatic rings. The number of aryl methyl sites for hydroxylation is 1. The topological polar surface area (TPSA) is 51.2 Å². The van der Waals surface area contributed by atoms with Crippen LogP contribution in [0.5, 0.6) is 0 Å². The molecule has 0 saturated heterocycles. The van der Waals surface area contributed by atoms with Gasteiger partial charge in [-0.3, -0.25) is 4.79 Å². The molecule has 0 aliphatic heterocycles. The van der Waals surface area contributed by atoms with Crippen LogP contribution in [0.25, 0.3) is 0 Å². The largest absolute Gasteiger partial charge is 0.465 e. The quantitative estimate of drug-likeness (QED) is 0.843. The normalized spacial score (nSPS) is 19.3. The SMILES string of the molecule is CCOC(=O)C1CCc2sc(NC(C)C(C)C)nc21. The minimum Gasteiger partial charge on any atom is -0.465 e. The van der Waals surface area contributed by atoms with Crippen molar-refractivity contribution in [1.29, 1.82) is 0 Å². The van der Waals surface area contributed by atoms with Crippen LogP contribution in [0.4, 0.5) is 5.13 Å². The number of carbonyl (C=O) groups excluding carboxylic acids is 1. The average Bonchev–Trinajstić information content (AvgIpc) is 2.88. The van der Waals surface area contributed by atoms with Gasteiger partial charge in [-0.1, -0.05) is 13.8 Å². The molecule has 1 heterocycles. The molecule has 0 fully saturated rings. The number of nitrogens with one attached hydrogen (secondary N) is 1. The molecular weight excluding hydrogens is 260 g/mol. The van der Waals surface area contributed by atoms with Crippen LogP contribution < -0.4 is 5.32 Å². The van der Waals surface area contributed by atoms with Gasteiger partial charge in [0.1, 0.15) is 5.92 Å². The zero-order chi connectivity index (χ0) is 14.0. The number of hydrogen-bond donors (Lipinski definition) is 1. The Kier molecular flexibility index (Phi) is 4.45. The molecule has 4 nitrogen and oxygen atoms in total. The molecule has 0 bridgehead atoms. The molecule has 2 unspecified atom stereocenters. The van der Waals surface area contributed by atoms with E-state index in [0.717, 1.165) is 23.7 Å². The van der Waals surface area contributed by atoms with Crippen molar-refractivity contribution in [2.45, 2.75) is 52.5 Å². The van der Waals surface area contributed by atoms with E-state index in [1.807, 2.05) is 6.92 Å². The fraction of sp³-hybridized carbons (Fsp3) is 0.714. The summed E-state index contributed by atoms with van der Waals surface area (Å²) in [7, 11) is 0. The van der Waals surface area contributed by atoms with Gasteiger partial charge in [-0.15, -0.1) is 11.3 Å². The highest BCUT2D eigenvalue weighted by atomic mass is 32.1. The standard InChI is InChI=1S/C14H22N2O2S/c1-5-18-13(17)10-6-7-11-12(10)16-14(19-11)15-9(4)8(2)3/h8-10H,5-7H2,1-4H3,(H,15,16). The summed E-state index contributed by atoms with van der Waals surface area (Å²) in [5.74, 6) is 0.269. The third-order valence-corrected chi connectivity index (χ3v) is 4.70. The maximum absolute atomic E-state index is 11.9. The van der Waals surface area contributed by atoms with Gasteiger partial charge < -0.3 is 10.1 Å². The highest BCUT2D eigenvalue weighted by Gasteiger charge is 2.33. The molecule has 1 aliphatic carbocycles. The lowest BCUT2D eigenvalue weighted by Gasteiger charge is -2.16. The van der Waals surface area contributed by atoms with E-state index < -0.39 is 0 Å². The summed E-state index contributed by atoms with van der Waals surface area (Å²) in [4.78, 5) is 17.7. The highest BCUT2D eigenvalue weighted by molar-refractivity contribution is 7.15. The smallest absolute Gasteiger partial charge is 0.315 e. The number of esters is 1. The Labute approximate surface area is 118 Å². The molecule has 19 heavy (non-hydrogen) atoms. The predicted octanol–water partition coefficient (Wildman–Crippen LogP) is 3.19. The number of ether oxygens (including phenoxy) is 1. The summed E-state index contributed by atoms with van der Waals surface area (Å²) < 4.78 is 5.12. The Morgan fingerprint density at radius 1 is 1.53 bits per heavy atom. The van der Waals surface area contributed by atoms with Crippen LogP contribution in [0.1, 0.15) is 50.6 Å². The van der Waals surface area contributed by atoms with Crippen molar-refractivity contribution in [2.75, 3.05) is 11.9 Å². The third-order valence-electron chi connectivity index (χ3n) is 3.64. The van der Waals surface area contributed by atoms with Gasteiger partial charge in [-0.05, 0) is 32.6 Å². The first-order valence-electron chi connectivity index (χ1n) is 6.95.